The Labute approximate surface area is 153 Å². The number of ether oxygens (including phenoxy) is 1. The molecule has 0 atom stereocenters. The van der Waals surface area contributed by atoms with Gasteiger partial charge in [0.2, 0.25) is 0 Å². The maximum atomic E-state index is 5.18. The number of hydrogen-bond donors (Lipinski definition) is 0. The van der Waals surface area contributed by atoms with E-state index in [0.717, 1.165) is 17.0 Å². The maximum absolute atomic E-state index is 5.18. The first-order valence-corrected chi connectivity index (χ1v) is 7.85. The summed E-state index contributed by atoms with van der Waals surface area (Å²) in [6.45, 7) is 9.85. The quantitative estimate of drug-likeness (QED) is 0.590. The van der Waals surface area contributed by atoms with Crippen molar-refractivity contribution in [3.63, 3.8) is 0 Å². The van der Waals surface area contributed by atoms with Crippen molar-refractivity contribution < 1.29 is 24.8 Å². The van der Waals surface area contributed by atoms with Gasteiger partial charge in [0.1, 0.15) is 0 Å². The van der Waals surface area contributed by atoms with Crippen molar-refractivity contribution in [1.82, 2.24) is 4.98 Å². The van der Waals surface area contributed by atoms with Crippen LogP contribution in [-0.2, 0) is 42.3 Å². The van der Waals surface area contributed by atoms with E-state index in [1.165, 1.54) is 17.5 Å². The van der Waals surface area contributed by atoms with E-state index in [2.05, 4.69) is 50.9 Å². The van der Waals surface area contributed by atoms with Crippen LogP contribution in [0.3, 0.4) is 0 Å². The van der Waals surface area contributed by atoms with E-state index in [9.17, 15) is 0 Å². The average Bonchev–Trinajstić information content (AvgIpc) is 2.64. The summed E-state index contributed by atoms with van der Waals surface area (Å²) < 4.78 is 5.18. The molecule has 1 aromatic heterocycles. The van der Waals surface area contributed by atoms with Crippen molar-refractivity contribution in [2.75, 3.05) is 7.11 Å². The monoisotopic (exact) mass is 487 g/mol. The number of aromatic nitrogens is 1. The van der Waals surface area contributed by atoms with Crippen LogP contribution in [-0.4, -0.2) is 12.1 Å². The van der Waals surface area contributed by atoms with Crippen LogP contribution in [0.15, 0.2) is 30.3 Å². The van der Waals surface area contributed by atoms with Crippen molar-refractivity contribution in [3.8, 4) is 11.3 Å². The van der Waals surface area contributed by atoms with E-state index < -0.39 is 0 Å². The molecule has 0 bridgehead atoms. The van der Waals surface area contributed by atoms with Gasteiger partial charge in [-0.3, -0.25) is 4.98 Å². The van der Waals surface area contributed by atoms with Crippen molar-refractivity contribution in [2.24, 2.45) is 0 Å². The van der Waals surface area contributed by atoms with Gasteiger partial charge < -0.3 is 4.74 Å². The summed E-state index contributed by atoms with van der Waals surface area (Å²) in [5.74, 6) is 0. The van der Waals surface area contributed by atoms with Gasteiger partial charge in [-0.15, -0.1) is 34.9 Å². The van der Waals surface area contributed by atoms with E-state index in [1.807, 2.05) is 18.2 Å². The second-order valence-corrected chi connectivity index (χ2v) is 7.57. The van der Waals surface area contributed by atoms with Gasteiger partial charge >= 0.3 is 0 Å². The number of rotatable bonds is 3. The molecule has 2 nitrogen and oxygen atoms in total. The summed E-state index contributed by atoms with van der Waals surface area (Å²) in [4.78, 5) is 4.69. The van der Waals surface area contributed by atoms with Crippen LogP contribution in [0.5, 0.6) is 0 Å². The maximum Gasteiger partial charge on any atom is 0.0874 e. The Morgan fingerprint density at radius 2 is 1.83 bits per heavy atom. The van der Waals surface area contributed by atoms with Crippen LogP contribution in [0.25, 0.3) is 11.3 Å². The van der Waals surface area contributed by atoms with Crippen molar-refractivity contribution >= 4 is 0 Å². The minimum Gasteiger partial charge on any atom is -0.378 e. The fourth-order valence-electron chi connectivity index (χ4n) is 3.91. The third-order valence-electron chi connectivity index (χ3n) is 4.67. The van der Waals surface area contributed by atoms with Crippen molar-refractivity contribution in [1.29, 1.82) is 0 Å². The molecule has 0 aliphatic heterocycles. The van der Waals surface area contributed by atoms with Gasteiger partial charge in [0, 0.05) is 27.2 Å². The van der Waals surface area contributed by atoms with E-state index in [-0.39, 0.29) is 30.9 Å². The van der Waals surface area contributed by atoms with Gasteiger partial charge in [-0.1, -0.05) is 39.8 Å². The zero-order valence-corrected chi connectivity index (χ0v) is 16.9. The molecule has 0 N–H and O–H groups in total. The number of pyridine rings is 1. The van der Waals surface area contributed by atoms with Crippen molar-refractivity contribution in [2.45, 2.75) is 51.6 Å². The minimum atomic E-state index is 0. The Bertz CT molecular complexity index is 707. The Morgan fingerprint density at radius 1 is 1.13 bits per heavy atom. The molecule has 1 heterocycles. The zero-order valence-electron chi connectivity index (χ0n) is 14.5. The molecular weight excluding hydrogens is 462 g/mol. The van der Waals surface area contributed by atoms with E-state index in [1.54, 1.807) is 7.11 Å². The van der Waals surface area contributed by atoms with Crippen molar-refractivity contribution in [3.05, 3.63) is 53.2 Å². The van der Waals surface area contributed by atoms with E-state index in [4.69, 9.17) is 4.74 Å². The average molecular weight is 487 g/mol. The minimum absolute atomic E-state index is 0. The molecule has 0 unspecified atom stereocenters. The molecule has 1 aromatic carbocycles. The Balaban J connectivity index is 0.00000192. The zero-order chi connectivity index (χ0) is 16.0. The molecule has 3 rings (SSSR count). The Hall–Kier alpha value is -1.02. The number of hydrogen-bond acceptors (Lipinski definition) is 2. The molecule has 125 valence electrons. The van der Waals surface area contributed by atoms with Crippen LogP contribution < -0.4 is 0 Å². The third kappa shape index (κ3) is 3.42. The van der Waals surface area contributed by atoms with Gasteiger partial charge in [-0.25, -0.2) is 0 Å². The van der Waals surface area contributed by atoms with Gasteiger partial charge in [0.25, 0.3) is 0 Å². The van der Waals surface area contributed by atoms with Crippen LogP contribution >= 0.6 is 0 Å². The Kier molecular flexibility index (Phi) is 5.15. The Morgan fingerprint density at radius 3 is 2.52 bits per heavy atom. The summed E-state index contributed by atoms with van der Waals surface area (Å²) >= 11 is 0. The number of nitrogens with zero attached hydrogens (tertiary/aromatic N) is 1. The molecule has 0 saturated heterocycles. The summed E-state index contributed by atoms with van der Waals surface area (Å²) in [7, 11) is 1.69. The first kappa shape index (κ1) is 18.3. The summed E-state index contributed by atoms with van der Waals surface area (Å²) in [6, 6.07) is 14.0. The summed E-state index contributed by atoms with van der Waals surface area (Å²) in [5.41, 5.74) is 6.28. The van der Waals surface area contributed by atoms with Crippen LogP contribution in [0, 0.1) is 6.07 Å². The van der Waals surface area contributed by atoms with Crippen LogP contribution in [0.2, 0.25) is 0 Å². The SMILES string of the molecule is COCc1cccc(-c2[c-]cc3c(c2)C(C)(C)CC3(C)C)n1.[Ir]. The molecule has 0 spiro atoms. The van der Waals surface area contributed by atoms with Gasteiger partial charge in [0.05, 0.1) is 12.3 Å². The molecular formula is C20H24IrNO-. The molecule has 1 aliphatic rings. The van der Waals surface area contributed by atoms with Crippen LogP contribution in [0.4, 0.5) is 0 Å². The molecule has 1 aliphatic carbocycles. The van der Waals surface area contributed by atoms with Crippen LogP contribution in [0.1, 0.15) is 50.9 Å². The second kappa shape index (κ2) is 6.47. The van der Waals surface area contributed by atoms with E-state index in [0.29, 0.717) is 6.61 Å². The standard InChI is InChI=1S/C20H24NO.Ir/c1-19(2)13-20(3,4)17-11-14(9-10-16(17)19)18-8-6-7-15(21-18)12-22-5;/h6-8,10-11H,12-13H2,1-5H3;/q-1;. The second-order valence-electron chi connectivity index (χ2n) is 7.57. The largest absolute Gasteiger partial charge is 0.378 e. The molecule has 3 heteroatoms. The van der Waals surface area contributed by atoms with E-state index >= 15 is 0 Å². The predicted molar refractivity (Wildman–Crippen MR) is 89.9 cm³/mol. The molecule has 23 heavy (non-hydrogen) atoms. The number of methoxy groups -OCH3 is 1. The topological polar surface area (TPSA) is 22.1 Å². The molecule has 1 radical (unpaired) electrons. The summed E-state index contributed by atoms with van der Waals surface area (Å²) in [5, 5.41) is 0. The number of benzene rings is 1. The smallest absolute Gasteiger partial charge is 0.0874 e. The summed E-state index contributed by atoms with van der Waals surface area (Å²) in [6.07, 6.45) is 1.17. The third-order valence-corrected chi connectivity index (χ3v) is 4.67. The van der Waals surface area contributed by atoms with Gasteiger partial charge in [0.15, 0.2) is 0 Å². The normalized spacial score (nSPS) is 17.4. The predicted octanol–water partition coefficient (Wildman–Crippen LogP) is 4.65. The first-order valence-electron chi connectivity index (χ1n) is 7.85. The molecule has 0 fully saturated rings. The molecule has 2 aromatic rings. The van der Waals surface area contributed by atoms with Gasteiger partial charge in [-0.05, 0) is 29.0 Å². The fraction of sp³-hybridized carbons (Fsp3) is 0.450. The van der Waals surface area contributed by atoms with Gasteiger partial charge in [-0.2, -0.15) is 0 Å². The first-order chi connectivity index (χ1) is 10.3. The molecule has 0 amide bonds. The fourth-order valence-corrected chi connectivity index (χ4v) is 3.91. The number of fused-ring (bicyclic) bond motifs is 1. The molecule has 0 saturated carbocycles.